The first-order valence-electron chi connectivity index (χ1n) is 9.96. The van der Waals surface area contributed by atoms with E-state index < -0.39 is 53.7 Å². The van der Waals surface area contributed by atoms with E-state index in [0.29, 0.717) is 4.34 Å². The van der Waals surface area contributed by atoms with Crippen molar-refractivity contribution in [3.05, 3.63) is 24.3 Å². The lowest BCUT2D eigenvalue weighted by Crippen LogP contribution is -2.61. The number of thioether (sulfide) groups is 1. The molecule has 1 saturated heterocycles. The van der Waals surface area contributed by atoms with E-state index in [4.69, 9.17) is 23.7 Å². The Morgan fingerprint density at radius 3 is 2.12 bits per heavy atom. The minimum atomic E-state index is -1.20. The molecule has 2 aromatic rings. The SMILES string of the molecule is CC(=O)OC[C@H]1O[C@@H](Sc2nc3ccccc3s2)[C@H](OC(C)=O)[C@@H](OC(C)=O)[C@@H]1OC(C)=O. The first-order valence-corrected chi connectivity index (χ1v) is 11.7. The Hall–Kier alpha value is -2.70. The summed E-state index contributed by atoms with van der Waals surface area (Å²) < 4.78 is 29.0. The number of carbonyl (C=O) groups excluding carboxylic acids is 4. The van der Waals surface area contributed by atoms with Crippen molar-refractivity contribution in [1.29, 1.82) is 0 Å². The summed E-state index contributed by atoms with van der Waals surface area (Å²) >= 11 is 2.58. The van der Waals surface area contributed by atoms with Gasteiger partial charge in [-0.3, -0.25) is 19.2 Å². The summed E-state index contributed by atoms with van der Waals surface area (Å²) in [5.41, 5.74) is -0.109. The molecule has 3 rings (SSSR count). The summed E-state index contributed by atoms with van der Waals surface area (Å²) in [6.45, 7) is 4.52. The fraction of sp³-hybridized carbons (Fsp3) is 0.476. The second kappa shape index (κ2) is 10.9. The molecule has 0 bridgehead atoms. The van der Waals surface area contributed by atoms with Crippen molar-refractivity contribution >= 4 is 57.2 Å². The van der Waals surface area contributed by atoms with Gasteiger partial charge in [0.05, 0.1) is 10.2 Å². The van der Waals surface area contributed by atoms with Crippen molar-refractivity contribution in [2.24, 2.45) is 0 Å². The van der Waals surface area contributed by atoms with E-state index in [0.717, 1.165) is 10.2 Å². The maximum atomic E-state index is 11.9. The molecular formula is C21H23NO9S2. The number of hydrogen-bond donors (Lipinski definition) is 0. The minimum Gasteiger partial charge on any atom is -0.463 e. The van der Waals surface area contributed by atoms with Gasteiger partial charge < -0.3 is 23.7 Å². The molecule has 33 heavy (non-hydrogen) atoms. The van der Waals surface area contributed by atoms with Crippen molar-refractivity contribution in [2.75, 3.05) is 6.61 Å². The largest absolute Gasteiger partial charge is 0.463 e. The van der Waals surface area contributed by atoms with E-state index in [2.05, 4.69) is 4.98 Å². The standard InChI is InChI=1S/C21H23NO9S2/c1-10(23)27-9-15-17(28-11(2)24)18(29-12(3)25)19(30-13(4)26)20(31-15)33-21-22-14-7-5-6-8-16(14)32-21/h5-8,15,17-20H,9H2,1-4H3/t15-,17-,18+,19-,20+/m1/s1. The molecule has 0 unspecified atom stereocenters. The van der Waals surface area contributed by atoms with Crippen LogP contribution in [0.2, 0.25) is 0 Å². The molecule has 5 atom stereocenters. The molecule has 1 aliphatic heterocycles. The number of rotatable bonds is 7. The van der Waals surface area contributed by atoms with Gasteiger partial charge in [0.25, 0.3) is 0 Å². The number of hydrogen-bond acceptors (Lipinski definition) is 12. The van der Waals surface area contributed by atoms with Gasteiger partial charge in [0, 0.05) is 27.7 Å². The molecule has 0 aliphatic carbocycles. The van der Waals surface area contributed by atoms with E-state index in [-0.39, 0.29) is 6.61 Å². The quantitative estimate of drug-likeness (QED) is 0.413. The lowest BCUT2D eigenvalue weighted by atomic mass is 9.99. The lowest BCUT2D eigenvalue weighted by Gasteiger charge is -2.43. The zero-order valence-electron chi connectivity index (χ0n) is 18.3. The van der Waals surface area contributed by atoms with Crippen molar-refractivity contribution in [3.63, 3.8) is 0 Å². The summed E-state index contributed by atoms with van der Waals surface area (Å²) in [5.74, 6) is -2.56. The molecule has 10 nitrogen and oxygen atoms in total. The number of ether oxygens (including phenoxy) is 5. The van der Waals surface area contributed by atoms with Crippen LogP contribution in [0.15, 0.2) is 28.6 Å². The van der Waals surface area contributed by atoms with Gasteiger partial charge in [0.2, 0.25) is 0 Å². The van der Waals surface area contributed by atoms with Crippen LogP contribution in [0.25, 0.3) is 10.2 Å². The van der Waals surface area contributed by atoms with Crippen LogP contribution in [0.1, 0.15) is 27.7 Å². The van der Waals surface area contributed by atoms with E-state index in [9.17, 15) is 19.2 Å². The summed E-state index contributed by atoms with van der Waals surface area (Å²) in [5, 5.41) is 0. The van der Waals surface area contributed by atoms with Gasteiger partial charge in [-0.1, -0.05) is 23.9 Å². The Bertz CT molecular complexity index is 1010. The third-order valence-corrected chi connectivity index (χ3v) is 6.71. The number of esters is 4. The monoisotopic (exact) mass is 497 g/mol. The topological polar surface area (TPSA) is 127 Å². The Morgan fingerprint density at radius 1 is 0.909 bits per heavy atom. The third kappa shape index (κ3) is 6.65. The molecule has 178 valence electrons. The smallest absolute Gasteiger partial charge is 0.303 e. The highest BCUT2D eigenvalue weighted by Gasteiger charge is 2.52. The molecule has 12 heteroatoms. The zero-order chi connectivity index (χ0) is 24.1. The summed E-state index contributed by atoms with van der Waals surface area (Å²) in [4.78, 5) is 51.5. The van der Waals surface area contributed by atoms with Crippen LogP contribution in [0.3, 0.4) is 0 Å². The molecule has 2 heterocycles. The highest BCUT2D eigenvalue weighted by atomic mass is 32.2. The van der Waals surface area contributed by atoms with E-state index in [1.165, 1.54) is 50.8 Å². The molecule has 0 saturated carbocycles. The second-order valence-corrected chi connectivity index (χ2v) is 9.51. The van der Waals surface area contributed by atoms with Crippen molar-refractivity contribution in [1.82, 2.24) is 4.98 Å². The van der Waals surface area contributed by atoms with Crippen LogP contribution in [0.4, 0.5) is 0 Å². The van der Waals surface area contributed by atoms with Gasteiger partial charge in [-0.25, -0.2) is 4.98 Å². The van der Waals surface area contributed by atoms with Gasteiger partial charge >= 0.3 is 23.9 Å². The fourth-order valence-electron chi connectivity index (χ4n) is 3.28. The van der Waals surface area contributed by atoms with Crippen LogP contribution in [0, 0.1) is 0 Å². The second-order valence-electron chi connectivity index (χ2n) is 7.13. The molecule has 1 aromatic heterocycles. The predicted molar refractivity (Wildman–Crippen MR) is 117 cm³/mol. The highest BCUT2D eigenvalue weighted by Crippen LogP contribution is 2.40. The van der Waals surface area contributed by atoms with Gasteiger partial charge in [-0.15, -0.1) is 11.3 Å². The lowest BCUT2D eigenvalue weighted by molar-refractivity contribution is -0.237. The van der Waals surface area contributed by atoms with Crippen LogP contribution in [-0.4, -0.2) is 65.3 Å². The number of para-hydroxylation sites is 1. The molecule has 1 aromatic carbocycles. The number of benzene rings is 1. The molecule has 0 radical (unpaired) electrons. The van der Waals surface area contributed by atoms with Crippen LogP contribution in [-0.2, 0) is 42.9 Å². The average Bonchev–Trinajstić information content (AvgIpc) is 3.12. The van der Waals surface area contributed by atoms with Crippen molar-refractivity contribution in [3.8, 4) is 0 Å². The Kier molecular flexibility index (Phi) is 8.27. The van der Waals surface area contributed by atoms with E-state index >= 15 is 0 Å². The minimum absolute atomic E-state index is 0.269. The normalized spacial score (nSPS) is 24.7. The third-order valence-electron chi connectivity index (χ3n) is 4.44. The number of aromatic nitrogens is 1. The maximum absolute atomic E-state index is 11.9. The summed E-state index contributed by atoms with van der Waals surface area (Å²) in [6.07, 6.45) is -4.49. The average molecular weight is 498 g/mol. The predicted octanol–water partition coefficient (Wildman–Crippen LogP) is 2.47. The van der Waals surface area contributed by atoms with Crippen LogP contribution < -0.4 is 0 Å². The first kappa shape index (κ1) is 24.9. The van der Waals surface area contributed by atoms with Gasteiger partial charge in [-0.05, 0) is 12.1 Å². The first-order chi connectivity index (χ1) is 15.6. The molecule has 0 N–H and O–H groups in total. The van der Waals surface area contributed by atoms with Gasteiger partial charge in [0.15, 0.2) is 28.1 Å². The maximum Gasteiger partial charge on any atom is 0.303 e. The molecular weight excluding hydrogens is 474 g/mol. The summed E-state index contributed by atoms with van der Waals surface area (Å²) in [7, 11) is 0. The Balaban J connectivity index is 1.98. The Morgan fingerprint density at radius 2 is 1.52 bits per heavy atom. The van der Waals surface area contributed by atoms with Crippen LogP contribution in [0.5, 0.6) is 0 Å². The van der Waals surface area contributed by atoms with E-state index in [1.54, 1.807) is 0 Å². The van der Waals surface area contributed by atoms with Crippen molar-refractivity contribution in [2.45, 2.75) is 61.9 Å². The zero-order valence-corrected chi connectivity index (χ0v) is 20.0. The fourth-order valence-corrected chi connectivity index (χ4v) is 5.62. The Labute approximate surface area is 197 Å². The van der Waals surface area contributed by atoms with Crippen molar-refractivity contribution < 1.29 is 42.9 Å². The molecule has 0 spiro atoms. The highest BCUT2D eigenvalue weighted by molar-refractivity contribution is 8.01. The number of fused-ring (bicyclic) bond motifs is 1. The van der Waals surface area contributed by atoms with E-state index in [1.807, 2.05) is 24.3 Å². The molecule has 1 aliphatic rings. The van der Waals surface area contributed by atoms with Gasteiger partial charge in [0.1, 0.15) is 12.7 Å². The molecule has 1 fully saturated rings. The summed E-state index contributed by atoms with van der Waals surface area (Å²) in [6, 6.07) is 7.54. The number of carbonyl (C=O) groups is 4. The van der Waals surface area contributed by atoms with Crippen LogP contribution >= 0.6 is 23.1 Å². The number of thiazole rings is 1. The number of nitrogens with zero attached hydrogens (tertiary/aromatic N) is 1. The van der Waals surface area contributed by atoms with Gasteiger partial charge in [-0.2, -0.15) is 0 Å². The molecule has 0 amide bonds.